The van der Waals surface area contributed by atoms with E-state index in [1.807, 2.05) is 0 Å². The quantitative estimate of drug-likeness (QED) is 0.655. The van der Waals surface area contributed by atoms with E-state index in [0.29, 0.717) is 28.6 Å². The summed E-state index contributed by atoms with van der Waals surface area (Å²) in [6.07, 6.45) is 4.49. The monoisotopic (exact) mass is 403 g/mol. The number of rotatable bonds is 6. The molecule has 0 spiro atoms. The summed E-state index contributed by atoms with van der Waals surface area (Å²) in [7, 11) is 0. The molecule has 0 aliphatic heterocycles. The molecular formula is C18H19F2N7O2. The summed E-state index contributed by atoms with van der Waals surface area (Å²) in [6, 6.07) is 3.69. The second kappa shape index (κ2) is 8.59. The Kier molecular flexibility index (Phi) is 5.96. The molecule has 0 saturated heterocycles. The van der Waals surface area contributed by atoms with Crippen LogP contribution in [0, 0.1) is 13.8 Å². The first kappa shape index (κ1) is 20.1. The van der Waals surface area contributed by atoms with E-state index in [4.69, 9.17) is 0 Å². The van der Waals surface area contributed by atoms with Crippen molar-refractivity contribution in [2.45, 2.75) is 33.4 Å². The smallest absolute Gasteiger partial charge is 0.387 e. The number of nitrogens with zero attached hydrogens (tertiary/aromatic N) is 5. The maximum absolute atomic E-state index is 12.5. The molecule has 0 aliphatic rings. The topological polar surface area (TPSA) is 107 Å². The van der Waals surface area contributed by atoms with Crippen molar-refractivity contribution < 1.29 is 18.3 Å². The molecule has 1 atom stereocenters. The number of carbonyl (C=O) groups is 1. The molecule has 152 valence electrons. The van der Waals surface area contributed by atoms with E-state index in [9.17, 15) is 13.6 Å². The average Bonchev–Trinajstić information content (AvgIpc) is 3.16. The zero-order valence-electron chi connectivity index (χ0n) is 15.9. The first-order valence-electron chi connectivity index (χ1n) is 8.66. The lowest BCUT2D eigenvalue weighted by molar-refractivity contribution is -0.0503. The second-order valence-electron chi connectivity index (χ2n) is 6.21. The molecule has 0 fully saturated rings. The molecule has 29 heavy (non-hydrogen) atoms. The fraction of sp³-hybridized carbons (Fsp3) is 0.278. The van der Waals surface area contributed by atoms with Crippen molar-refractivity contribution in [2.24, 2.45) is 0 Å². The second-order valence-corrected chi connectivity index (χ2v) is 6.21. The Bertz CT molecular complexity index is 995. The predicted molar refractivity (Wildman–Crippen MR) is 100 cm³/mol. The molecule has 9 nitrogen and oxygen atoms in total. The van der Waals surface area contributed by atoms with Crippen LogP contribution in [0.15, 0.2) is 36.9 Å². The lowest BCUT2D eigenvalue weighted by Crippen LogP contribution is -2.33. The minimum Gasteiger partial charge on any atom is -0.435 e. The van der Waals surface area contributed by atoms with Gasteiger partial charge in [-0.05, 0) is 50.1 Å². The molecule has 2 N–H and O–H groups in total. The van der Waals surface area contributed by atoms with E-state index in [1.165, 1.54) is 17.1 Å². The Morgan fingerprint density at radius 1 is 1.14 bits per heavy atom. The number of ether oxygens (including phenoxy) is 1. The molecule has 1 unspecified atom stereocenters. The largest absolute Gasteiger partial charge is 0.435 e. The number of hydrogen-bond acceptors (Lipinski definition) is 6. The Labute approximate surface area is 165 Å². The number of urea groups is 1. The van der Waals surface area contributed by atoms with E-state index >= 15 is 0 Å². The van der Waals surface area contributed by atoms with Crippen LogP contribution in [0.5, 0.6) is 5.75 Å². The van der Waals surface area contributed by atoms with Crippen LogP contribution < -0.4 is 15.4 Å². The van der Waals surface area contributed by atoms with E-state index < -0.39 is 18.7 Å². The van der Waals surface area contributed by atoms with Crippen LogP contribution in [-0.4, -0.2) is 37.4 Å². The number of aryl methyl sites for hydroxylation is 2. The standard InChI is InChI=1S/C18H19F2N7O2/c1-10-8-14(29-16(19)20)11(2)7-13(10)26-18(28)25-12(3)15-23-9-24-27(15)17-21-5-4-6-22-17/h4-9,12,16H,1-3H3,(H2,25,26,28). The number of carbonyl (C=O) groups excluding carboxylic acids is 1. The van der Waals surface area contributed by atoms with Gasteiger partial charge in [0.15, 0.2) is 5.82 Å². The van der Waals surface area contributed by atoms with E-state index in [1.54, 1.807) is 45.3 Å². The molecule has 3 rings (SSSR count). The number of nitrogens with one attached hydrogen (secondary N) is 2. The van der Waals surface area contributed by atoms with Crippen LogP contribution in [-0.2, 0) is 0 Å². The summed E-state index contributed by atoms with van der Waals surface area (Å²) in [4.78, 5) is 24.8. The molecular weight excluding hydrogens is 384 g/mol. The van der Waals surface area contributed by atoms with Crippen molar-refractivity contribution in [3.8, 4) is 11.7 Å². The zero-order valence-corrected chi connectivity index (χ0v) is 15.9. The molecule has 0 bridgehead atoms. The van der Waals surface area contributed by atoms with Crippen LogP contribution in [0.1, 0.15) is 29.9 Å². The summed E-state index contributed by atoms with van der Waals surface area (Å²) >= 11 is 0. The fourth-order valence-corrected chi connectivity index (χ4v) is 2.67. The highest BCUT2D eigenvalue weighted by Crippen LogP contribution is 2.27. The maximum atomic E-state index is 12.5. The van der Waals surface area contributed by atoms with Gasteiger partial charge in [0.25, 0.3) is 5.95 Å². The van der Waals surface area contributed by atoms with Gasteiger partial charge in [-0.15, -0.1) is 0 Å². The first-order valence-corrected chi connectivity index (χ1v) is 8.66. The Morgan fingerprint density at radius 2 is 1.86 bits per heavy atom. The van der Waals surface area contributed by atoms with Gasteiger partial charge in [0.05, 0.1) is 6.04 Å². The third-order valence-corrected chi connectivity index (χ3v) is 4.04. The van der Waals surface area contributed by atoms with Crippen LogP contribution in [0.4, 0.5) is 19.3 Å². The van der Waals surface area contributed by atoms with Gasteiger partial charge in [-0.25, -0.2) is 19.7 Å². The minimum absolute atomic E-state index is 0.0628. The Hall–Kier alpha value is -3.63. The number of alkyl halides is 2. The molecule has 0 aliphatic carbocycles. The number of anilines is 1. The van der Waals surface area contributed by atoms with Crippen molar-refractivity contribution in [3.63, 3.8) is 0 Å². The molecule has 11 heteroatoms. The summed E-state index contributed by atoms with van der Waals surface area (Å²) in [5.41, 5.74) is 1.52. The Balaban J connectivity index is 1.71. The molecule has 2 amide bonds. The molecule has 2 heterocycles. The van der Waals surface area contributed by atoms with Gasteiger partial charge in [-0.3, -0.25) is 0 Å². The summed E-state index contributed by atoms with van der Waals surface area (Å²) in [5.74, 6) is 0.836. The van der Waals surface area contributed by atoms with Gasteiger partial charge in [-0.1, -0.05) is 0 Å². The van der Waals surface area contributed by atoms with Crippen molar-refractivity contribution in [1.29, 1.82) is 0 Å². The van der Waals surface area contributed by atoms with Crippen LogP contribution in [0.2, 0.25) is 0 Å². The molecule has 0 radical (unpaired) electrons. The van der Waals surface area contributed by atoms with Crippen molar-refractivity contribution in [1.82, 2.24) is 30.0 Å². The highest BCUT2D eigenvalue weighted by Gasteiger charge is 2.19. The molecule has 2 aromatic heterocycles. The normalized spacial score (nSPS) is 11.9. The highest BCUT2D eigenvalue weighted by atomic mass is 19.3. The maximum Gasteiger partial charge on any atom is 0.387 e. The van der Waals surface area contributed by atoms with Gasteiger partial charge in [0.2, 0.25) is 0 Å². The van der Waals surface area contributed by atoms with E-state index in [2.05, 4.69) is 35.4 Å². The summed E-state index contributed by atoms with van der Waals surface area (Å²) in [5, 5.41) is 9.55. The van der Waals surface area contributed by atoms with Gasteiger partial charge in [0, 0.05) is 18.1 Å². The molecule has 3 aromatic rings. The highest BCUT2D eigenvalue weighted by molar-refractivity contribution is 5.90. The SMILES string of the molecule is Cc1cc(OC(F)F)c(C)cc1NC(=O)NC(C)c1ncnn1-c1ncccn1. The lowest BCUT2D eigenvalue weighted by atomic mass is 10.1. The van der Waals surface area contributed by atoms with Gasteiger partial charge < -0.3 is 15.4 Å². The number of amides is 2. The van der Waals surface area contributed by atoms with Gasteiger partial charge in [-0.2, -0.15) is 18.6 Å². The fourth-order valence-electron chi connectivity index (χ4n) is 2.67. The third kappa shape index (κ3) is 4.81. The van der Waals surface area contributed by atoms with Gasteiger partial charge >= 0.3 is 12.6 Å². The van der Waals surface area contributed by atoms with Crippen LogP contribution >= 0.6 is 0 Å². The van der Waals surface area contributed by atoms with Crippen molar-refractivity contribution >= 4 is 11.7 Å². The van der Waals surface area contributed by atoms with Crippen molar-refractivity contribution in [2.75, 3.05) is 5.32 Å². The average molecular weight is 403 g/mol. The lowest BCUT2D eigenvalue weighted by Gasteiger charge is -2.17. The van der Waals surface area contributed by atoms with E-state index in [-0.39, 0.29) is 5.75 Å². The predicted octanol–water partition coefficient (Wildman–Crippen LogP) is 3.16. The van der Waals surface area contributed by atoms with Crippen LogP contribution in [0.25, 0.3) is 5.95 Å². The summed E-state index contributed by atoms with van der Waals surface area (Å²) < 4.78 is 30.8. The Morgan fingerprint density at radius 3 is 2.55 bits per heavy atom. The summed E-state index contributed by atoms with van der Waals surface area (Å²) in [6.45, 7) is 2.12. The number of hydrogen-bond donors (Lipinski definition) is 2. The molecule has 1 aromatic carbocycles. The molecule has 0 saturated carbocycles. The first-order chi connectivity index (χ1) is 13.8. The van der Waals surface area contributed by atoms with Crippen molar-refractivity contribution in [3.05, 3.63) is 53.9 Å². The van der Waals surface area contributed by atoms with Gasteiger partial charge in [0.1, 0.15) is 12.1 Å². The number of halogens is 2. The number of aromatic nitrogens is 5. The van der Waals surface area contributed by atoms with Crippen LogP contribution in [0.3, 0.4) is 0 Å². The zero-order chi connectivity index (χ0) is 21.0. The van der Waals surface area contributed by atoms with E-state index in [0.717, 1.165) is 0 Å². The number of benzene rings is 1. The third-order valence-electron chi connectivity index (χ3n) is 4.04. The minimum atomic E-state index is -2.91.